The summed E-state index contributed by atoms with van der Waals surface area (Å²) in [6.45, 7) is 3.22. The van der Waals surface area contributed by atoms with Gasteiger partial charge in [0.2, 0.25) is 5.91 Å². The minimum Gasteiger partial charge on any atom is -0.464 e. The highest BCUT2D eigenvalue weighted by molar-refractivity contribution is 14.1. The Hall–Kier alpha value is -0.630. The normalized spacial score (nSPS) is 12.4. The van der Waals surface area contributed by atoms with Crippen molar-refractivity contribution in [2.24, 2.45) is 0 Å². The van der Waals surface area contributed by atoms with Gasteiger partial charge in [0.1, 0.15) is 6.04 Å². The van der Waals surface area contributed by atoms with Crippen molar-refractivity contribution in [2.75, 3.05) is 12.9 Å². The van der Waals surface area contributed by atoms with Crippen LogP contribution in [0.25, 0.3) is 0 Å². The van der Waals surface area contributed by atoms with Crippen LogP contribution in [-0.2, 0) is 30.9 Å². The standard InChI is InChI=1S/C14H17I2NO6S/c1-4-22-14(19)12(17-8(2)18)7-9-5-10(15)13(11(16)6-9)23-24(3,20)21/h5-6,12H,4,7H2,1-3H3,(H,17,18). The second-order valence-electron chi connectivity index (χ2n) is 4.89. The predicted molar refractivity (Wildman–Crippen MR) is 105 cm³/mol. The van der Waals surface area contributed by atoms with Crippen LogP contribution in [0.15, 0.2) is 12.1 Å². The Morgan fingerprint density at radius 3 is 2.21 bits per heavy atom. The molecule has 0 aliphatic heterocycles. The lowest BCUT2D eigenvalue weighted by Gasteiger charge is -2.17. The summed E-state index contributed by atoms with van der Waals surface area (Å²) < 4.78 is 33.7. The van der Waals surface area contributed by atoms with E-state index in [9.17, 15) is 18.0 Å². The number of benzene rings is 1. The van der Waals surface area contributed by atoms with Gasteiger partial charge in [-0.05, 0) is 69.8 Å². The number of carbonyl (C=O) groups excluding carboxylic acids is 2. The van der Waals surface area contributed by atoms with Gasteiger partial charge < -0.3 is 14.2 Å². The third-order valence-electron chi connectivity index (χ3n) is 2.68. The zero-order valence-corrected chi connectivity index (χ0v) is 18.4. The molecule has 0 spiro atoms. The van der Waals surface area contributed by atoms with Crippen LogP contribution < -0.4 is 9.50 Å². The Morgan fingerprint density at radius 2 is 1.79 bits per heavy atom. The van der Waals surface area contributed by atoms with Gasteiger partial charge >= 0.3 is 16.1 Å². The molecule has 0 fully saturated rings. The molecule has 1 unspecified atom stereocenters. The lowest BCUT2D eigenvalue weighted by Crippen LogP contribution is -2.42. The van der Waals surface area contributed by atoms with E-state index in [1.807, 2.05) is 45.2 Å². The summed E-state index contributed by atoms with van der Waals surface area (Å²) in [5.41, 5.74) is 0.747. The summed E-state index contributed by atoms with van der Waals surface area (Å²) in [6, 6.07) is 2.60. The monoisotopic (exact) mass is 581 g/mol. The highest BCUT2D eigenvalue weighted by atomic mass is 127. The van der Waals surface area contributed by atoms with E-state index >= 15 is 0 Å². The number of esters is 1. The van der Waals surface area contributed by atoms with Crippen LogP contribution in [0.5, 0.6) is 5.75 Å². The van der Waals surface area contributed by atoms with Crippen molar-refractivity contribution in [3.8, 4) is 5.75 Å². The molecule has 1 rings (SSSR count). The van der Waals surface area contributed by atoms with E-state index < -0.39 is 22.1 Å². The third kappa shape index (κ3) is 7.09. The maximum absolute atomic E-state index is 12.0. The molecular weight excluding hydrogens is 564 g/mol. The molecule has 0 aliphatic carbocycles. The Balaban J connectivity index is 3.08. The molecule has 7 nitrogen and oxygen atoms in total. The first-order chi connectivity index (χ1) is 11.0. The number of rotatable bonds is 7. The summed E-state index contributed by atoms with van der Waals surface area (Å²) in [7, 11) is -3.64. The van der Waals surface area contributed by atoms with Crippen LogP contribution in [0.3, 0.4) is 0 Å². The Bertz CT molecular complexity index is 712. The summed E-state index contributed by atoms with van der Waals surface area (Å²) in [6.07, 6.45) is 1.20. The molecule has 0 aromatic heterocycles. The lowest BCUT2D eigenvalue weighted by atomic mass is 10.1. The minimum absolute atomic E-state index is 0.213. The highest BCUT2D eigenvalue weighted by Gasteiger charge is 2.23. The molecule has 1 aromatic carbocycles. The molecule has 0 saturated carbocycles. The molecule has 1 N–H and O–H groups in total. The van der Waals surface area contributed by atoms with Crippen molar-refractivity contribution < 1.29 is 26.9 Å². The highest BCUT2D eigenvalue weighted by Crippen LogP contribution is 2.30. The SMILES string of the molecule is CCOC(=O)C(Cc1cc(I)c(OS(C)(=O)=O)c(I)c1)NC(C)=O. The number of ether oxygens (including phenoxy) is 1. The van der Waals surface area contributed by atoms with Gasteiger partial charge in [-0.3, -0.25) is 4.79 Å². The number of carbonyl (C=O) groups is 2. The molecule has 1 aromatic rings. The van der Waals surface area contributed by atoms with Crippen LogP contribution in [0, 0.1) is 7.14 Å². The fraction of sp³-hybridized carbons (Fsp3) is 0.429. The fourth-order valence-corrected chi connectivity index (χ4v) is 4.78. The summed E-state index contributed by atoms with van der Waals surface area (Å²) in [4.78, 5) is 23.3. The van der Waals surface area contributed by atoms with Crippen LogP contribution in [0.2, 0.25) is 0 Å². The number of nitrogens with one attached hydrogen (secondary N) is 1. The van der Waals surface area contributed by atoms with Gasteiger partial charge in [0.15, 0.2) is 5.75 Å². The van der Waals surface area contributed by atoms with Crippen LogP contribution >= 0.6 is 45.2 Å². The summed E-state index contributed by atoms with van der Waals surface area (Å²) in [5.74, 6) is -0.613. The number of hydrogen-bond donors (Lipinski definition) is 1. The average Bonchev–Trinajstić information content (AvgIpc) is 2.41. The quantitative estimate of drug-likeness (QED) is 0.300. The molecule has 0 aliphatic rings. The van der Waals surface area contributed by atoms with E-state index in [-0.39, 0.29) is 24.7 Å². The molecular formula is C14H17I2NO6S. The number of halogens is 2. The van der Waals surface area contributed by atoms with Crippen molar-refractivity contribution >= 4 is 67.2 Å². The van der Waals surface area contributed by atoms with Crippen molar-refractivity contribution in [1.29, 1.82) is 0 Å². The van der Waals surface area contributed by atoms with E-state index in [0.29, 0.717) is 7.14 Å². The third-order valence-corrected chi connectivity index (χ3v) is 4.75. The van der Waals surface area contributed by atoms with E-state index in [1.165, 1.54) is 6.92 Å². The first kappa shape index (κ1) is 21.4. The lowest BCUT2D eigenvalue weighted by molar-refractivity contribution is -0.147. The second-order valence-corrected chi connectivity index (χ2v) is 8.78. The summed E-state index contributed by atoms with van der Waals surface area (Å²) in [5, 5.41) is 2.56. The molecule has 0 saturated heterocycles. The van der Waals surface area contributed by atoms with Gasteiger partial charge in [-0.1, -0.05) is 0 Å². The van der Waals surface area contributed by atoms with Gasteiger partial charge in [0, 0.05) is 13.3 Å². The van der Waals surface area contributed by atoms with Crippen LogP contribution in [0.1, 0.15) is 19.4 Å². The first-order valence-electron chi connectivity index (χ1n) is 6.84. The van der Waals surface area contributed by atoms with Gasteiger partial charge in [-0.15, -0.1) is 0 Å². The average molecular weight is 581 g/mol. The van der Waals surface area contributed by atoms with Crippen molar-refractivity contribution in [3.63, 3.8) is 0 Å². The van der Waals surface area contributed by atoms with Gasteiger partial charge in [0.05, 0.1) is 20.0 Å². The molecule has 134 valence electrons. The summed E-state index contributed by atoms with van der Waals surface area (Å²) >= 11 is 3.92. The van der Waals surface area contributed by atoms with Crippen molar-refractivity contribution in [1.82, 2.24) is 5.32 Å². The zero-order valence-electron chi connectivity index (χ0n) is 13.3. The van der Waals surface area contributed by atoms with Gasteiger partial charge in [-0.2, -0.15) is 8.42 Å². The Labute approximate surface area is 168 Å². The molecule has 10 heteroatoms. The Kier molecular flexibility index (Phi) is 8.19. The molecule has 1 atom stereocenters. The van der Waals surface area contributed by atoms with E-state index in [2.05, 4.69) is 5.32 Å². The topological polar surface area (TPSA) is 98.8 Å². The van der Waals surface area contributed by atoms with E-state index in [1.54, 1.807) is 19.1 Å². The van der Waals surface area contributed by atoms with Crippen LogP contribution in [0.4, 0.5) is 0 Å². The number of hydrogen-bond acceptors (Lipinski definition) is 6. The van der Waals surface area contributed by atoms with Gasteiger partial charge in [-0.25, -0.2) is 4.79 Å². The molecule has 0 heterocycles. The smallest absolute Gasteiger partial charge is 0.328 e. The van der Waals surface area contributed by atoms with Crippen molar-refractivity contribution in [2.45, 2.75) is 26.3 Å². The van der Waals surface area contributed by atoms with Crippen LogP contribution in [-0.4, -0.2) is 39.2 Å². The second kappa shape index (κ2) is 9.17. The van der Waals surface area contributed by atoms with E-state index in [0.717, 1.165) is 11.8 Å². The zero-order chi connectivity index (χ0) is 18.5. The molecule has 0 radical (unpaired) electrons. The predicted octanol–water partition coefficient (Wildman–Crippen LogP) is 1.84. The number of amides is 1. The van der Waals surface area contributed by atoms with E-state index in [4.69, 9.17) is 8.92 Å². The maximum atomic E-state index is 12.0. The fourth-order valence-electron chi connectivity index (χ4n) is 1.88. The maximum Gasteiger partial charge on any atom is 0.328 e. The Morgan fingerprint density at radius 1 is 1.25 bits per heavy atom. The minimum atomic E-state index is -3.64. The van der Waals surface area contributed by atoms with Gasteiger partial charge in [0.25, 0.3) is 0 Å². The molecule has 1 amide bonds. The first-order valence-corrected chi connectivity index (χ1v) is 10.8. The largest absolute Gasteiger partial charge is 0.464 e. The van der Waals surface area contributed by atoms with Crippen molar-refractivity contribution in [3.05, 3.63) is 24.8 Å². The molecule has 0 bridgehead atoms. The molecule has 24 heavy (non-hydrogen) atoms.